The van der Waals surface area contributed by atoms with Crippen LogP contribution < -0.4 is 10.6 Å². The molecule has 0 unspecified atom stereocenters. The molecule has 0 saturated heterocycles. The molecule has 0 fully saturated rings. The smallest absolute Gasteiger partial charge is 0.251 e. The molecule has 4 heteroatoms. The highest BCUT2D eigenvalue weighted by Crippen LogP contribution is 2.14. The number of halogens is 1. The summed E-state index contributed by atoms with van der Waals surface area (Å²) in [6.45, 7) is 1.45. The number of nitrogens with one attached hydrogen (secondary N) is 2. The summed E-state index contributed by atoms with van der Waals surface area (Å²) in [5.41, 5.74) is 2.88. The van der Waals surface area contributed by atoms with Gasteiger partial charge in [-0.25, -0.2) is 0 Å². The molecule has 0 aliphatic rings. The molecule has 0 heterocycles. The second kappa shape index (κ2) is 7.08. The first kappa shape index (κ1) is 14.6. The van der Waals surface area contributed by atoms with Gasteiger partial charge in [0.15, 0.2) is 0 Å². The monoisotopic (exact) mass is 288 g/mol. The van der Waals surface area contributed by atoms with E-state index in [0.29, 0.717) is 5.56 Å². The minimum atomic E-state index is -0.0689. The van der Waals surface area contributed by atoms with Gasteiger partial charge >= 0.3 is 0 Å². The minimum absolute atomic E-state index is 0.0689. The lowest BCUT2D eigenvalue weighted by molar-refractivity contribution is 0.0963. The fraction of sp³-hybridized carbons (Fsp3) is 0.188. The number of carbonyl (C=O) groups excluding carboxylic acids is 1. The standard InChI is InChI=1S/C16H17ClN2O/c1-18-16(20)13-8-6-12(7-9-13)10-19-11-14-4-2-3-5-15(14)17/h2-9,19H,10-11H2,1H3,(H,18,20). The number of hydrogen-bond acceptors (Lipinski definition) is 2. The summed E-state index contributed by atoms with van der Waals surface area (Å²) in [5.74, 6) is -0.0689. The Morgan fingerprint density at radius 1 is 1.05 bits per heavy atom. The summed E-state index contributed by atoms with van der Waals surface area (Å²) < 4.78 is 0. The van der Waals surface area contributed by atoms with Crippen LogP contribution in [0.2, 0.25) is 5.02 Å². The van der Waals surface area contributed by atoms with Crippen molar-refractivity contribution < 1.29 is 4.79 Å². The van der Waals surface area contributed by atoms with E-state index < -0.39 is 0 Å². The fourth-order valence-electron chi connectivity index (χ4n) is 1.90. The molecule has 2 aromatic rings. The van der Waals surface area contributed by atoms with Crippen molar-refractivity contribution in [3.05, 3.63) is 70.2 Å². The zero-order valence-corrected chi connectivity index (χ0v) is 12.1. The highest BCUT2D eigenvalue weighted by Gasteiger charge is 2.02. The molecule has 3 nitrogen and oxygen atoms in total. The Bertz CT molecular complexity index is 581. The average molecular weight is 289 g/mol. The van der Waals surface area contributed by atoms with Gasteiger partial charge in [0.05, 0.1) is 0 Å². The van der Waals surface area contributed by atoms with E-state index in [9.17, 15) is 4.79 Å². The van der Waals surface area contributed by atoms with Crippen molar-refractivity contribution in [1.82, 2.24) is 10.6 Å². The van der Waals surface area contributed by atoms with E-state index in [4.69, 9.17) is 11.6 Å². The van der Waals surface area contributed by atoms with Gasteiger partial charge in [0, 0.05) is 30.7 Å². The van der Waals surface area contributed by atoms with Crippen molar-refractivity contribution in [1.29, 1.82) is 0 Å². The van der Waals surface area contributed by atoms with E-state index in [1.165, 1.54) is 0 Å². The molecule has 2 N–H and O–H groups in total. The van der Waals surface area contributed by atoms with Crippen LogP contribution in [0.3, 0.4) is 0 Å². The van der Waals surface area contributed by atoms with Crippen molar-refractivity contribution in [2.75, 3.05) is 7.05 Å². The number of hydrogen-bond donors (Lipinski definition) is 2. The predicted octanol–water partition coefficient (Wildman–Crippen LogP) is 2.99. The van der Waals surface area contributed by atoms with Gasteiger partial charge in [-0.1, -0.05) is 41.9 Å². The Hall–Kier alpha value is -1.84. The Kier molecular flexibility index (Phi) is 5.16. The first-order chi connectivity index (χ1) is 9.70. The fourth-order valence-corrected chi connectivity index (χ4v) is 2.10. The van der Waals surface area contributed by atoms with E-state index in [1.807, 2.05) is 48.5 Å². The van der Waals surface area contributed by atoms with Gasteiger partial charge in [-0.05, 0) is 29.3 Å². The lowest BCUT2D eigenvalue weighted by atomic mass is 10.1. The van der Waals surface area contributed by atoms with Crippen LogP contribution in [-0.2, 0) is 13.1 Å². The van der Waals surface area contributed by atoms with Crippen molar-refractivity contribution in [3.63, 3.8) is 0 Å². The number of rotatable bonds is 5. The number of carbonyl (C=O) groups is 1. The maximum Gasteiger partial charge on any atom is 0.251 e. The Morgan fingerprint density at radius 2 is 1.75 bits per heavy atom. The second-order valence-electron chi connectivity index (χ2n) is 4.47. The van der Waals surface area contributed by atoms with E-state index in [2.05, 4.69) is 10.6 Å². The molecule has 0 radical (unpaired) electrons. The van der Waals surface area contributed by atoms with Crippen LogP contribution in [0.25, 0.3) is 0 Å². The molecule has 0 spiro atoms. The number of benzene rings is 2. The molecule has 0 saturated carbocycles. The van der Waals surface area contributed by atoms with Crippen LogP contribution in [0.1, 0.15) is 21.5 Å². The summed E-state index contributed by atoms with van der Waals surface area (Å²) in [4.78, 5) is 11.4. The molecule has 20 heavy (non-hydrogen) atoms. The van der Waals surface area contributed by atoms with Gasteiger partial charge in [0.2, 0.25) is 0 Å². The first-order valence-electron chi connectivity index (χ1n) is 6.46. The molecule has 0 bridgehead atoms. The van der Waals surface area contributed by atoms with Gasteiger partial charge in [0.1, 0.15) is 0 Å². The molecular formula is C16H17ClN2O. The maximum absolute atomic E-state index is 11.4. The molecule has 104 valence electrons. The molecule has 0 aliphatic heterocycles. The Balaban J connectivity index is 1.88. The van der Waals surface area contributed by atoms with Crippen LogP contribution in [0.15, 0.2) is 48.5 Å². The van der Waals surface area contributed by atoms with Gasteiger partial charge in [-0.15, -0.1) is 0 Å². The molecule has 2 rings (SSSR count). The zero-order chi connectivity index (χ0) is 14.4. The first-order valence-corrected chi connectivity index (χ1v) is 6.83. The highest BCUT2D eigenvalue weighted by molar-refractivity contribution is 6.31. The predicted molar refractivity (Wildman–Crippen MR) is 81.8 cm³/mol. The van der Waals surface area contributed by atoms with Gasteiger partial charge < -0.3 is 10.6 Å². The molecule has 2 aromatic carbocycles. The molecule has 0 aromatic heterocycles. The van der Waals surface area contributed by atoms with Crippen LogP contribution in [0, 0.1) is 0 Å². The largest absolute Gasteiger partial charge is 0.355 e. The summed E-state index contributed by atoms with van der Waals surface area (Å²) in [5, 5.41) is 6.71. The lowest BCUT2D eigenvalue weighted by Crippen LogP contribution is -2.18. The summed E-state index contributed by atoms with van der Waals surface area (Å²) in [6, 6.07) is 15.3. The Morgan fingerprint density at radius 3 is 2.40 bits per heavy atom. The zero-order valence-electron chi connectivity index (χ0n) is 11.3. The van der Waals surface area contributed by atoms with Crippen molar-refractivity contribution >= 4 is 17.5 Å². The van der Waals surface area contributed by atoms with Crippen molar-refractivity contribution in [2.45, 2.75) is 13.1 Å². The van der Waals surface area contributed by atoms with Crippen LogP contribution in [0.5, 0.6) is 0 Å². The van der Waals surface area contributed by atoms with Crippen molar-refractivity contribution in [3.8, 4) is 0 Å². The third kappa shape index (κ3) is 3.83. The lowest BCUT2D eigenvalue weighted by Gasteiger charge is -2.07. The van der Waals surface area contributed by atoms with Gasteiger partial charge in [0.25, 0.3) is 5.91 Å². The molecule has 0 aliphatic carbocycles. The van der Waals surface area contributed by atoms with E-state index in [0.717, 1.165) is 29.2 Å². The minimum Gasteiger partial charge on any atom is -0.355 e. The van der Waals surface area contributed by atoms with E-state index in [-0.39, 0.29) is 5.91 Å². The molecular weight excluding hydrogens is 272 g/mol. The third-order valence-electron chi connectivity index (χ3n) is 3.05. The topological polar surface area (TPSA) is 41.1 Å². The average Bonchev–Trinajstić information content (AvgIpc) is 2.49. The van der Waals surface area contributed by atoms with Crippen LogP contribution in [-0.4, -0.2) is 13.0 Å². The molecule has 0 atom stereocenters. The third-order valence-corrected chi connectivity index (χ3v) is 3.41. The maximum atomic E-state index is 11.4. The SMILES string of the molecule is CNC(=O)c1ccc(CNCc2ccccc2Cl)cc1. The quantitative estimate of drug-likeness (QED) is 0.888. The molecule has 1 amide bonds. The van der Waals surface area contributed by atoms with Gasteiger partial charge in [-0.3, -0.25) is 4.79 Å². The Labute approximate surface area is 124 Å². The summed E-state index contributed by atoms with van der Waals surface area (Å²) in [7, 11) is 1.63. The van der Waals surface area contributed by atoms with E-state index in [1.54, 1.807) is 7.05 Å². The summed E-state index contributed by atoms with van der Waals surface area (Å²) in [6.07, 6.45) is 0. The highest BCUT2D eigenvalue weighted by atomic mass is 35.5. The van der Waals surface area contributed by atoms with Crippen LogP contribution >= 0.6 is 11.6 Å². The second-order valence-corrected chi connectivity index (χ2v) is 4.88. The van der Waals surface area contributed by atoms with Crippen molar-refractivity contribution in [2.24, 2.45) is 0 Å². The van der Waals surface area contributed by atoms with Gasteiger partial charge in [-0.2, -0.15) is 0 Å². The van der Waals surface area contributed by atoms with Crippen LogP contribution in [0.4, 0.5) is 0 Å². The summed E-state index contributed by atoms with van der Waals surface area (Å²) >= 11 is 6.09. The van der Waals surface area contributed by atoms with E-state index >= 15 is 0 Å². The number of amides is 1. The normalized spacial score (nSPS) is 10.3.